The van der Waals surface area contributed by atoms with Gasteiger partial charge in [-0.05, 0) is 25.0 Å². The molecule has 0 aromatic heterocycles. The number of benzene rings is 2. The highest BCUT2D eigenvalue weighted by Gasteiger charge is 2.39. The topological polar surface area (TPSA) is 42.5 Å². The van der Waals surface area contributed by atoms with Crippen molar-refractivity contribution >= 4 is 0 Å². The van der Waals surface area contributed by atoms with Crippen molar-refractivity contribution in [3.05, 3.63) is 84.4 Å². The van der Waals surface area contributed by atoms with Crippen LogP contribution in [-0.2, 0) is 22.6 Å². The lowest BCUT2D eigenvalue weighted by Crippen LogP contribution is -2.54. The third-order valence-electron chi connectivity index (χ3n) is 4.84. The van der Waals surface area contributed by atoms with E-state index >= 15 is 0 Å². The third-order valence-corrected chi connectivity index (χ3v) is 4.84. The van der Waals surface area contributed by atoms with Gasteiger partial charge in [-0.1, -0.05) is 66.7 Å². The van der Waals surface area contributed by atoms with Crippen LogP contribution in [0.3, 0.4) is 0 Å². The van der Waals surface area contributed by atoms with Gasteiger partial charge in [-0.25, -0.2) is 0 Å². The number of nitrogens with one attached hydrogen (secondary N) is 2. The Bertz CT molecular complexity index is 703. The van der Waals surface area contributed by atoms with Crippen molar-refractivity contribution in [1.29, 1.82) is 0 Å². The van der Waals surface area contributed by atoms with Gasteiger partial charge in [0.1, 0.15) is 6.10 Å². The highest BCUT2D eigenvalue weighted by Crippen LogP contribution is 2.26. The van der Waals surface area contributed by atoms with E-state index < -0.39 is 5.79 Å². The second kappa shape index (κ2) is 9.29. The SMILES string of the molecule is C=C[C@@H](NCc1ccccc1)[C@H](NCc1ccccc1)[C@H]1COC(C)(C)O1. The standard InChI is InChI=1S/C23H30N2O2/c1-4-20(24-15-18-11-7-5-8-12-18)22(21-17-26-23(2,3)27-21)25-16-19-13-9-6-10-14-19/h4-14,20-22,24-25H,1,15-17H2,2-3H3/t20-,21-,22+/m1/s1. The summed E-state index contributed by atoms with van der Waals surface area (Å²) >= 11 is 0. The predicted molar refractivity (Wildman–Crippen MR) is 109 cm³/mol. The monoisotopic (exact) mass is 366 g/mol. The van der Waals surface area contributed by atoms with E-state index in [1.54, 1.807) is 0 Å². The van der Waals surface area contributed by atoms with E-state index in [1.807, 2.05) is 32.1 Å². The Morgan fingerprint density at radius 1 is 1.00 bits per heavy atom. The van der Waals surface area contributed by atoms with E-state index in [0.717, 1.165) is 13.1 Å². The summed E-state index contributed by atoms with van der Waals surface area (Å²) in [6.45, 7) is 10.1. The molecule has 0 bridgehead atoms. The Labute approximate surface area is 162 Å². The van der Waals surface area contributed by atoms with Crippen LogP contribution < -0.4 is 10.6 Å². The molecule has 0 unspecified atom stereocenters. The number of hydrogen-bond donors (Lipinski definition) is 2. The molecular formula is C23H30N2O2. The summed E-state index contributed by atoms with van der Waals surface area (Å²) in [7, 11) is 0. The molecule has 0 radical (unpaired) electrons. The van der Waals surface area contributed by atoms with Crippen molar-refractivity contribution in [2.24, 2.45) is 0 Å². The van der Waals surface area contributed by atoms with Crippen LogP contribution in [0.25, 0.3) is 0 Å². The van der Waals surface area contributed by atoms with Crippen LogP contribution in [0, 0.1) is 0 Å². The Hall–Kier alpha value is -1.98. The van der Waals surface area contributed by atoms with Crippen molar-refractivity contribution in [3.63, 3.8) is 0 Å². The molecule has 3 rings (SSSR count). The Morgan fingerprint density at radius 2 is 1.56 bits per heavy atom. The van der Waals surface area contributed by atoms with E-state index in [-0.39, 0.29) is 18.2 Å². The minimum Gasteiger partial charge on any atom is -0.348 e. The zero-order valence-electron chi connectivity index (χ0n) is 16.2. The Balaban J connectivity index is 1.69. The number of hydrogen-bond acceptors (Lipinski definition) is 4. The van der Waals surface area contributed by atoms with Crippen LogP contribution in [-0.4, -0.2) is 30.6 Å². The zero-order chi connectivity index (χ0) is 19.1. The first kappa shape index (κ1) is 19.8. The van der Waals surface area contributed by atoms with Crippen molar-refractivity contribution in [3.8, 4) is 0 Å². The smallest absolute Gasteiger partial charge is 0.163 e. The summed E-state index contributed by atoms with van der Waals surface area (Å²) in [5.41, 5.74) is 2.49. The summed E-state index contributed by atoms with van der Waals surface area (Å²) in [5.74, 6) is -0.553. The molecule has 2 N–H and O–H groups in total. The Kier molecular flexibility index (Phi) is 6.80. The van der Waals surface area contributed by atoms with Gasteiger partial charge >= 0.3 is 0 Å². The van der Waals surface area contributed by atoms with E-state index in [0.29, 0.717) is 6.61 Å². The minimum absolute atomic E-state index is 0.0463. The molecular weight excluding hydrogens is 336 g/mol. The van der Waals surface area contributed by atoms with Crippen molar-refractivity contribution in [2.75, 3.05) is 6.61 Å². The number of ether oxygens (including phenoxy) is 2. The summed E-state index contributed by atoms with van der Waals surface area (Å²) < 4.78 is 12.0. The lowest BCUT2D eigenvalue weighted by molar-refractivity contribution is -0.142. The van der Waals surface area contributed by atoms with E-state index in [4.69, 9.17) is 9.47 Å². The minimum atomic E-state index is -0.553. The quantitative estimate of drug-likeness (QED) is 0.665. The van der Waals surface area contributed by atoms with Crippen LogP contribution in [0.4, 0.5) is 0 Å². The lowest BCUT2D eigenvalue weighted by Gasteiger charge is -2.31. The van der Waals surface area contributed by atoms with E-state index in [2.05, 4.69) is 65.7 Å². The van der Waals surface area contributed by atoms with E-state index in [9.17, 15) is 0 Å². The molecule has 4 heteroatoms. The summed E-state index contributed by atoms with van der Waals surface area (Å²) in [4.78, 5) is 0. The normalized spacial score (nSPS) is 20.9. The summed E-state index contributed by atoms with van der Waals surface area (Å²) in [6, 6.07) is 20.9. The van der Waals surface area contributed by atoms with Gasteiger partial charge in [0.2, 0.25) is 0 Å². The summed E-state index contributed by atoms with van der Waals surface area (Å²) in [6.07, 6.45) is 1.91. The molecule has 2 aromatic carbocycles. The van der Waals surface area contributed by atoms with Gasteiger partial charge in [0.25, 0.3) is 0 Å². The van der Waals surface area contributed by atoms with Gasteiger partial charge in [-0.2, -0.15) is 0 Å². The average molecular weight is 367 g/mol. The molecule has 4 nitrogen and oxygen atoms in total. The maximum Gasteiger partial charge on any atom is 0.163 e. The van der Waals surface area contributed by atoms with Crippen LogP contribution in [0.5, 0.6) is 0 Å². The third kappa shape index (κ3) is 5.75. The largest absolute Gasteiger partial charge is 0.348 e. The molecule has 3 atom stereocenters. The van der Waals surface area contributed by atoms with Gasteiger partial charge in [0.05, 0.1) is 12.6 Å². The highest BCUT2D eigenvalue weighted by molar-refractivity contribution is 5.16. The second-order valence-electron chi connectivity index (χ2n) is 7.39. The first-order valence-corrected chi connectivity index (χ1v) is 9.56. The molecule has 1 aliphatic heterocycles. The Morgan fingerprint density at radius 3 is 2.04 bits per heavy atom. The van der Waals surface area contributed by atoms with Crippen molar-refractivity contribution < 1.29 is 9.47 Å². The van der Waals surface area contributed by atoms with Crippen LogP contribution in [0.15, 0.2) is 73.3 Å². The maximum atomic E-state index is 6.16. The zero-order valence-corrected chi connectivity index (χ0v) is 16.2. The van der Waals surface area contributed by atoms with Gasteiger partial charge in [-0.3, -0.25) is 0 Å². The molecule has 27 heavy (non-hydrogen) atoms. The number of rotatable bonds is 9. The predicted octanol–water partition coefficient (Wildman–Crippen LogP) is 3.64. The van der Waals surface area contributed by atoms with Gasteiger partial charge < -0.3 is 20.1 Å². The molecule has 144 valence electrons. The average Bonchev–Trinajstić information content (AvgIpc) is 3.05. The first-order chi connectivity index (χ1) is 13.1. The van der Waals surface area contributed by atoms with Gasteiger partial charge in [0.15, 0.2) is 5.79 Å². The molecule has 0 saturated carbocycles. The first-order valence-electron chi connectivity index (χ1n) is 9.56. The summed E-state index contributed by atoms with van der Waals surface area (Å²) in [5, 5.41) is 7.27. The molecule has 2 aromatic rings. The van der Waals surface area contributed by atoms with Gasteiger partial charge in [0, 0.05) is 19.1 Å². The van der Waals surface area contributed by atoms with Gasteiger partial charge in [-0.15, -0.1) is 6.58 Å². The highest BCUT2D eigenvalue weighted by atomic mass is 16.7. The van der Waals surface area contributed by atoms with Crippen LogP contribution >= 0.6 is 0 Å². The van der Waals surface area contributed by atoms with Crippen molar-refractivity contribution in [1.82, 2.24) is 10.6 Å². The molecule has 1 fully saturated rings. The molecule has 0 spiro atoms. The van der Waals surface area contributed by atoms with Crippen molar-refractivity contribution in [2.45, 2.75) is 50.9 Å². The lowest BCUT2D eigenvalue weighted by atomic mass is 10.0. The fourth-order valence-electron chi connectivity index (χ4n) is 3.40. The molecule has 1 heterocycles. The maximum absolute atomic E-state index is 6.16. The van der Waals surface area contributed by atoms with Crippen LogP contribution in [0.1, 0.15) is 25.0 Å². The molecule has 1 aliphatic rings. The fourth-order valence-corrected chi connectivity index (χ4v) is 3.40. The van der Waals surface area contributed by atoms with Crippen LogP contribution in [0.2, 0.25) is 0 Å². The molecule has 0 aliphatic carbocycles. The fraction of sp³-hybridized carbons (Fsp3) is 0.391. The molecule has 0 amide bonds. The molecule has 1 saturated heterocycles. The second-order valence-corrected chi connectivity index (χ2v) is 7.39. The van der Waals surface area contributed by atoms with E-state index in [1.165, 1.54) is 11.1 Å².